The Morgan fingerprint density at radius 2 is 2.12 bits per heavy atom. The smallest absolute Gasteiger partial charge is 0.359 e. The minimum atomic E-state index is -0.320. The molecule has 0 bridgehead atoms. The number of rotatable bonds is 0. The van der Waals surface area contributed by atoms with Crippen molar-refractivity contribution in [1.82, 2.24) is 10.9 Å². The largest absolute Gasteiger partial charge is 0.380 e. The Kier molecular flexibility index (Phi) is 4.15. The van der Waals surface area contributed by atoms with Crippen LogP contribution in [-0.4, -0.2) is 42.6 Å². The maximum Gasteiger partial charge on any atom is 0.359 e. The molecule has 0 saturated carbocycles. The Morgan fingerprint density at radius 1 is 1.38 bits per heavy atom. The summed E-state index contributed by atoms with van der Waals surface area (Å²) in [5.41, 5.74) is 1.37. The van der Waals surface area contributed by atoms with E-state index in [1.165, 1.54) is 2.78 Å². The highest BCUT2D eigenvalue weighted by Crippen LogP contribution is 2.39. The number of nitrogens with zero attached hydrogens (tertiary/aromatic N) is 4. The molecule has 0 radical (unpaired) electrons. The fourth-order valence-corrected chi connectivity index (χ4v) is 5.21. The Labute approximate surface area is 166 Å². The summed E-state index contributed by atoms with van der Waals surface area (Å²) in [5, 5.41) is 3.98. The van der Waals surface area contributed by atoms with E-state index in [1.807, 2.05) is 22.9 Å². The van der Waals surface area contributed by atoms with Gasteiger partial charge in [-0.1, -0.05) is 0 Å². The third-order valence-electron chi connectivity index (χ3n) is 4.73. The number of anilines is 2. The van der Waals surface area contributed by atoms with E-state index in [9.17, 15) is 9.18 Å². The molecular formula is C15H16FI2N5O. The predicted molar refractivity (Wildman–Crippen MR) is 110 cm³/mol. The summed E-state index contributed by atoms with van der Waals surface area (Å²) in [6, 6.07) is 2.06. The first-order valence-electron chi connectivity index (χ1n) is 7.73. The second-order valence-electron chi connectivity index (χ2n) is 6.39. The molecule has 2 unspecified atom stereocenters. The number of piperazine rings is 1. The molecule has 128 valence electrons. The number of benzene rings is 1. The molecule has 24 heavy (non-hydrogen) atoms. The zero-order valence-electron chi connectivity index (χ0n) is 13.2. The van der Waals surface area contributed by atoms with Crippen LogP contribution >= 0.6 is 45.7 Å². The van der Waals surface area contributed by atoms with Crippen LogP contribution in [0.2, 0.25) is 0 Å². The standard InChI is InChI=1S/C15H16FI2N5O/c1-7-3-10-11-13(12(7)16)19-4-9-6-21(17)5-8(2)22(9)14(11)20-15(24)23(10)18/h3,8-9,19H,4-6H2,1-2H3. The van der Waals surface area contributed by atoms with Gasteiger partial charge in [0, 0.05) is 48.5 Å². The molecule has 6 nitrogen and oxygen atoms in total. The highest BCUT2D eigenvalue weighted by molar-refractivity contribution is 14.1. The molecule has 1 fully saturated rings. The second kappa shape index (κ2) is 5.94. The van der Waals surface area contributed by atoms with E-state index < -0.39 is 0 Å². The number of nitrogens with one attached hydrogen (secondary N) is 1. The lowest BCUT2D eigenvalue weighted by atomic mass is 10.1. The maximum atomic E-state index is 14.8. The first-order chi connectivity index (χ1) is 11.4. The quantitative estimate of drug-likeness (QED) is 0.401. The minimum Gasteiger partial charge on any atom is -0.380 e. The Hall–Kier alpha value is -0.690. The number of halogens is 3. The van der Waals surface area contributed by atoms with E-state index >= 15 is 0 Å². The zero-order valence-corrected chi connectivity index (χ0v) is 17.5. The van der Waals surface area contributed by atoms with Crippen LogP contribution < -0.4 is 15.9 Å². The van der Waals surface area contributed by atoms with E-state index in [4.69, 9.17) is 0 Å². The van der Waals surface area contributed by atoms with Gasteiger partial charge < -0.3 is 10.2 Å². The molecule has 0 amide bonds. The van der Waals surface area contributed by atoms with Crippen molar-refractivity contribution in [2.75, 3.05) is 29.9 Å². The summed E-state index contributed by atoms with van der Waals surface area (Å²) in [5.74, 6) is 0.336. The monoisotopic (exact) mass is 555 g/mol. The van der Waals surface area contributed by atoms with Crippen LogP contribution in [0.1, 0.15) is 12.5 Å². The second-order valence-corrected chi connectivity index (χ2v) is 8.72. The van der Waals surface area contributed by atoms with Crippen molar-refractivity contribution in [2.24, 2.45) is 0 Å². The molecular weight excluding hydrogens is 539 g/mol. The Balaban J connectivity index is 2.08. The normalized spacial score (nSPS) is 23.8. The first kappa shape index (κ1) is 16.8. The van der Waals surface area contributed by atoms with Crippen molar-refractivity contribution in [2.45, 2.75) is 25.9 Å². The molecule has 1 aromatic heterocycles. The third kappa shape index (κ3) is 2.42. The highest BCUT2D eigenvalue weighted by atomic mass is 127. The Bertz CT molecular complexity index is 902. The Morgan fingerprint density at radius 3 is 2.88 bits per heavy atom. The van der Waals surface area contributed by atoms with E-state index in [1.54, 1.807) is 13.0 Å². The van der Waals surface area contributed by atoms with Gasteiger partial charge in [0.2, 0.25) is 0 Å². The van der Waals surface area contributed by atoms with Crippen molar-refractivity contribution >= 4 is 68.1 Å². The molecule has 2 atom stereocenters. The average molecular weight is 555 g/mol. The van der Waals surface area contributed by atoms with Crippen LogP contribution in [0.25, 0.3) is 10.9 Å². The summed E-state index contributed by atoms with van der Waals surface area (Å²) in [6.45, 7) is 6.17. The van der Waals surface area contributed by atoms with Crippen LogP contribution in [0.15, 0.2) is 10.9 Å². The van der Waals surface area contributed by atoms with Gasteiger partial charge in [0.25, 0.3) is 0 Å². The van der Waals surface area contributed by atoms with Crippen LogP contribution in [-0.2, 0) is 0 Å². The third-order valence-corrected chi connectivity index (χ3v) is 6.45. The van der Waals surface area contributed by atoms with Crippen molar-refractivity contribution in [3.63, 3.8) is 0 Å². The van der Waals surface area contributed by atoms with Gasteiger partial charge >= 0.3 is 5.69 Å². The number of fused-ring (bicyclic) bond motifs is 2. The number of hydrogen-bond donors (Lipinski definition) is 1. The van der Waals surface area contributed by atoms with Crippen LogP contribution in [0, 0.1) is 12.7 Å². The molecule has 2 aliphatic heterocycles. The van der Waals surface area contributed by atoms with Gasteiger partial charge in [0.15, 0.2) is 0 Å². The first-order valence-corrected chi connectivity index (χ1v) is 9.66. The van der Waals surface area contributed by atoms with E-state index in [0.29, 0.717) is 34.5 Å². The topological polar surface area (TPSA) is 53.4 Å². The van der Waals surface area contributed by atoms with E-state index in [0.717, 1.165) is 13.1 Å². The van der Waals surface area contributed by atoms with Gasteiger partial charge in [-0.15, -0.1) is 0 Å². The fraction of sp³-hybridized carbons (Fsp3) is 0.467. The molecule has 0 aliphatic carbocycles. The van der Waals surface area contributed by atoms with Gasteiger partial charge in [0.05, 0.1) is 45.5 Å². The molecule has 2 aromatic rings. The minimum absolute atomic E-state index is 0.137. The zero-order chi connectivity index (χ0) is 17.2. The van der Waals surface area contributed by atoms with Crippen LogP contribution in [0.4, 0.5) is 15.9 Å². The number of hydrogen-bond acceptors (Lipinski definition) is 5. The summed E-state index contributed by atoms with van der Waals surface area (Å²) in [7, 11) is 0. The summed E-state index contributed by atoms with van der Waals surface area (Å²) < 4.78 is 18.5. The molecule has 1 aromatic carbocycles. The van der Waals surface area contributed by atoms with E-state index in [-0.39, 0.29) is 23.6 Å². The van der Waals surface area contributed by atoms with Crippen LogP contribution in [0.3, 0.4) is 0 Å². The molecule has 9 heteroatoms. The number of aromatic nitrogens is 2. The van der Waals surface area contributed by atoms with Gasteiger partial charge in [-0.3, -0.25) is 0 Å². The molecule has 1 N–H and O–H groups in total. The lowest BCUT2D eigenvalue weighted by molar-refractivity contribution is 0.340. The summed E-state index contributed by atoms with van der Waals surface area (Å²) in [4.78, 5) is 18.9. The van der Waals surface area contributed by atoms with Gasteiger partial charge in [-0.2, -0.15) is 4.98 Å². The molecule has 2 aliphatic rings. The van der Waals surface area contributed by atoms with Gasteiger partial charge in [-0.25, -0.2) is 15.1 Å². The lowest BCUT2D eigenvalue weighted by Gasteiger charge is -2.43. The van der Waals surface area contributed by atoms with Crippen molar-refractivity contribution in [3.8, 4) is 0 Å². The van der Waals surface area contributed by atoms with Crippen molar-refractivity contribution in [3.05, 3.63) is 27.9 Å². The average Bonchev–Trinajstić information content (AvgIpc) is 2.67. The predicted octanol–water partition coefficient (Wildman–Crippen LogP) is 2.70. The van der Waals surface area contributed by atoms with Gasteiger partial charge in [0.1, 0.15) is 11.6 Å². The summed E-state index contributed by atoms with van der Waals surface area (Å²) in [6.07, 6.45) is 0. The molecule has 1 saturated heterocycles. The molecule has 0 spiro atoms. The molecule has 3 heterocycles. The van der Waals surface area contributed by atoms with E-state index in [2.05, 4.69) is 48.1 Å². The van der Waals surface area contributed by atoms with Crippen molar-refractivity contribution < 1.29 is 4.39 Å². The van der Waals surface area contributed by atoms with Crippen LogP contribution in [0.5, 0.6) is 0 Å². The lowest BCUT2D eigenvalue weighted by Crippen LogP contribution is -2.57. The molecule has 4 rings (SSSR count). The fourth-order valence-electron chi connectivity index (χ4n) is 3.69. The van der Waals surface area contributed by atoms with Crippen molar-refractivity contribution in [1.29, 1.82) is 0 Å². The SMILES string of the molecule is Cc1cc2c3c(nc(=O)n2I)N2C(C)CN(I)CC2CNc3c1F. The van der Waals surface area contributed by atoms with Gasteiger partial charge in [-0.05, 0) is 25.5 Å². The summed E-state index contributed by atoms with van der Waals surface area (Å²) >= 11 is 4.26. The maximum absolute atomic E-state index is 14.8. The number of aryl methyl sites for hydroxylation is 1. The highest BCUT2D eigenvalue weighted by Gasteiger charge is 2.37.